The summed E-state index contributed by atoms with van der Waals surface area (Å²) in [4.78, 5) is 10.2. The monoisotopic (exact) mass is 194 g/mol. The molecule has 1 N–H and O–H groups in total. The summed E-state index contributed by atoms with van der Waals surface area (Å²) in [5.74, 6) is -0.449. The molecule has 0 spiro atoms. The molecule has 0 amide bonds. The van der Waals surface area contributed by atoms with Crippen LogP contribution in [0.15, 0.2) is 18.2 Å². The molecule has 1 aromatic rings. The number of nitro benzene ring substituents is 1. The summed E-state index contributed by atoms with van der Waals surface area (Å²) in [6.45, 7) is 5.31. The minimum absolute atomic E-state index is 0.0182. The molecule has 0 aliphatic carbocycles. The molecule has 0 aliphatic rings. The second-order valence-corrected chi connectivity index (χ2v) is 3.20. The van der Waals surface area contributed by atoms with Gasteiger partial charge in [-0.2, -0.15) is 0 Å². The Bertz CT molecular complexity index is 349. The lowest BCUT2D eigenvalue weighted by molar-refractivity contribution is -0.385. The van der Waals surface area contributed by atoms with Crippen molar-refractivity contribution in [2.45, 2.75) is 12.8 Å². The predicted molar refractivity (Wildman–Crippen MR) is 53.0 cm³/mol. The van der Waals surface area contributed by atoms with Crippen LogP contribution in [0.5, 0.6) is 0 Å². The van der Waals surface area contributed by atoms with Crippen LogP contribution in [0.4, 0.5) is 5.69 Å². The first-order chi connectivity index (χ1) is 6.56. The highest BCUT2D eigenvalue weighted by Gasteiger charge is 2.17. The van der Waals surface area contributed by atoms with Gasteiger partial charge in [0.15, 0.2) is 0 Å². The van der Waals surface area contributed by atoms with Crippen LogP contribution < -0.4 is 0 Å². The first-order valence-electron chi connectivity index (χ1n) is 4.25. The largest absolute Gasteiger partial charge is 0.396 e. The number of rotatable bonds is 3. The van der Waals surface area contributed by atoms with Crippen molar-refractivity contribution in [1.82, 2.24) is 0 Å². The fourth-order valence-corrected chi connectivity index (χ4v) is 1.27. The second-order valence-electron chi connectivity index (χ2n) is 3.20. The van der Waals surface area contributed by atoms with Crippen molar-refractivity contribution in [3.05, 3.63) is 46.4 Å². The number of nitrogens with zero attached hydrogens (tertiary/aromatic N) is 1. The van der Waals surface area contributed by atoms with Crippen molar-refractivity contribution in [3.8, 4) is 0 Å². The van der Waals surface area contributed by atoms with Crippen molar-refractivity contribution < 1.29 is 10.0 Å². The first-order valence-corrected chi connectivity index (χ1v) is 4.25. The molecule has 1 radical (unpaired) electrons. The minimum atomic E-state index is -0.456. The lowest BCUT2D eigenvalue weighted by Gasteiger charge is -2.09. The standard InChI is InChI=1S/C10H12NO3/c1-7-3-4-10(11(13)14)9(5-7)8(2)6-12/h3-5,8,12H,2,6H2,1H3. The maximum atomic E-state index is 10.6. The summed E-state index contributed by atoms with van der Waals surface area (Å²) < 4.78 is 0. The Kier molecular flexibility index (Phi) is 3.19. The van der Waals surface area contributed by atoms with Crippen molar-refractivity contribution in [1.29, 1.82) is 0 Å². The van der Waals surface area contributed by atoms with Crippen molar-refractivity contribution in [2.75, 3.05) is 6.61 Å². The molecule has 1 unspecified atom stereocenters. The summed E-state index contributed by atoms with van der Waals surface area (Å²) >= 11 is 0. The molecule has 4 nitrogen and oxygen atoms in total. The quantitative estimate of drug-likeness (QED) is 0.589. The summed E-state index contributed by atoms with van der Waals surface area (Å²) in [7, 11) is 0. The Morgan fingerprint density at radius 3 is 2.79 bits per heavy atom. The van der Waals surface area contributed by atoms with Gasteiger partial charge in [-0.25, -0.2) is 0 Å². The molecule has 0 fully saturated rings. The van der Waals surface area contributed by atoms with Gasteiger partial charge in [0.25, 0.3) is 5.69 Å². The number of benzene rings is 1. The van der Waals surface area contributed by atoms with E-state index >= 15 is 0 Å². The van der Waals surface area contributed by atoms with Gasteiger partial charge in [-0.1, -0.05) is 11.6 Å². The van der Waals surface area contributed by atoms with Crippen molar-refractivity contribution >= 4 is 5.69 Å². The van der Waals surface area contributed by atoms with E-state index in [2.05, 4.69) is 6.92 Å². The lowest BCUT2D eigenvalue weighted by atomic mass is 9.98. The molecule has 1 rings (SSSR count). The van der Waals surface area contributed by atoms with Crippen LogP contribution in [0, 0.1) is 24.0 Å². The third kappa shape index (κ3) is 2.09. The Morgan fingerprint density at radius 1 is 1.64 bits per heavy atom. The Labute approximate surface area is 82.3 Å². The molecule has 0 heterocycles. The molecule has 1 atom stereocenters. The van der Waals surface area contributed by atoms with Crippen molar-refractivity contribution in [2.24, 2.45) is 0 Å². The lowest BCUT2D eigenvalue weighted by Crippen LogP contribution is -2.04. The molecule has 0 saturated heterocycles. The maximum absolute atomic E-state index is 10.6. The number of aliphatic hydroxyl groups excluding tert-OH is 1. The third-order valence-corrected chi connectivity index (χ3v) is 2.04. The highest BCUT2D eigenvalue weighted by molar-refractivity contribution is 5.45. The van der Waals surface area contributed by atoms with Crippen molar-refractivity contribution in [3.63, 3.8) is 0 Å². The fraction of sp³-hybridized carbons (Fsp3) is 0.300. The number of aryl methyl sites for hydroxylation is 1. The van der Waals surface area contributed by atoms with Gasteiger partial charge in [-0.15, -0.1) is 0 Å². The Morgan fingerprint density at radius 2 is 2.29 bits per heavy atom. The molecule has 14 heavy (non-hydrogen) atoms. The van der Waals surface area contributed by atoms with E-state index in [4.69, 9.17) is 5.11 Å². The molecular weight excluding hydrogens is 182 g/mol. The van der Waals surface area contributed by atoms with E-state index in [1.165, 1.54) is 6.07 Å². The van der Waals surface area contributed by atoms with Gasteiger partial charge in [-0.3, -0.25) is 10.1 Å². The van der Waals surface area contributed by atoms with Gasteiger partial charge in [0.1, 0.15) is 0 Å². The van der Waals surface area contributed by atoms with Crippen LogP contribution >= 0.6 is 0 Å². The molecule has 1 aromatic carbocycles. The minimum Gasteiger partial charge on any atom is -0.396 e. The van der Waals surface area contributed by atoms with Crippen LogP contribution in [-0.4, -0.2) is 16.6 Å². The number of nitro groups is 1. The smallest absolute Gasteiger partial charge is 0.272 e. The first kappa shape index (κ1) is 10.7. The zero-order chi connectivity index (χ0) is 10.7. The predicted octanol–water partition coefficient (Wildman–Crippen LogP) is 1.81. The molecule has 0 aliphatic heterocycles. The van der Waals surface area contributed by atoms with E-state index in [9.17, 15) is 10.1 Å². The maximum Gasteiger partial charge on any atom is 0.272 e. The fourth-order valence-electron chi connectivity index (χ4n) is 1.27. The number of hydrogen-bond donors (Lipinski definition) is 1. The SMILES string of the molecule is [CH2]C(CO)c1cc(C)ccc1[N+](=O)[O-]. The average Bonchev–Trinajstić information content (AvgIpc) is 2.16. The molecular formula is C10H12NO3. The van der Waals surface area contributed by atoms with Gasteiger partial charge in [0, 0.05) is 17.5 Å². The summed E-state index contributed by atoms with van der Waals surface area (Å²) in [6, 6.07) is 4.80. The second kappa shape index (κ2) is 4.19. The highest BCUT2D eigenvalue weighted by atomic mass is 16.6. The Hall–Kier alpha value is -1.42. The highest BCUT2D eigenvalue weighted by Crippen LogP contribution is 2.26. The van der Waals surface area contributed by atoms with E-state index in [0.29, 0.717) is 5.56 Å². The molecule has 0 aromatic heterocycles. The van der Waals surface area contributed by atoms with Gasteiger partial charge in [-0.05, 0) is 19.9 Å². The van der Waals surface area contributed by atoms with Crippen LogP contribution in [0.25, 0.3) is 0 Å². The van der Waals surface area contributed by atoms with Crippen LogP contribution in [0.3, 0.4) is 0 Å². The average molecular weight is 194 g/mol. The van der Waals surface area contributed by atoms with Gasteiger partial charge >= 0.3 is 0 Å². The topological polar surface area (TPSA) is 63.4 Å². The summed E-state index contributed by atoms with van der Waals surface area (Å²) in [5, 5.41) is 19.5. The molecule has 4 heteroatoms. The zero-order valence-corrected chi connectivity index (χ0v) is 7.93. The van der Waals surface area contributed by atoms with E-state index in [1.54, 1.807) is 12.1 Å². The Balaban J connectivity index is 3.22. The summed E-state index contributed by atoms with van der Waals surface area (Å²) in [5.41, 5.74) is 1.43. The number of hydrogen-bond acceptors (Lipinski definition) is 3. The van der Waals surface area contributed by atoms with Gasteiger partial charge in [0.05, 0.1) is 11.5 Å². The van der Waals surface area contributed by atoms with Crippen LogP contribution in [0.2, 0.25) is 0 Å². The molecule has 0 bridgehead atoms. The van der Waals surface area contributed by atoms with E-state index in [-0.39, 0.29) is 12.3 Å². The van der Waals surface area contributed by atoms with Crippen LogP contribution in [-0.2, 0) is 0 Å². The normalized spacial score (nSPS) is 12.5. The van der Waals surface area contributed by atoms with Crippen LogP contribution in [0.1, 0.15) is 17.0 Å². The van der Waals surface area contributed by atoms with Gasteiger partial charge in [0.2, 0.25) is 0 Å². The third-order valence-electron chi connectivity index (χ3n) is 2.04. The van der Waals surface area contributed by atoms with E-state index < -0.39 is 10.8 Å². The number of aliphatic hydroxyl groups is 1. The van der Waals surface area contributed by atoms with E-state index in [0.717, 1.165) is 5.56 Å². The van der Waals surface area contributed by atoms with E-state index in [1.807, 2.05) is 6.92 Å². The molecule has 75 valence electrons. The zero-order valence-electron chi connectivity index (χ0n) is 7.93. The van der Waals surface area contributed by atoms with Gasteiger partial charge < -0.3 is 5.11 Å². The molecule has 0 saturated carbocycles. The summed E-state index contributed by atoms with van der Waals surface area (Å²) in [6.07, 6.45) is 0.